The van der Waals surface area contributed by atoms with Crippen LogP contribution in [0.5, 0.6) is 5.75 Å². The van der Waals surface area contributed by atoms with E-state index in [0.29, 0.717) is 17.3 Å². The number of aryl methyl sites for hydroxylation is 1. The first kappa shape index (κ1) is 20.8. The Morgan fingerprint density at radius 2 is 1.94 bits per heavy atom. The van der Waals surface area contributed by atoms with Crippen LogP contribution in [-0.4, -0.2) is 37.3 Å². The average Bonchev–Trinajstić information content (AvgIpc) is 3.47. The predicted molar refractivity (Wildman–Crippen MR) is 116 cm³/mol. The second-order valence-corrected chi connectivity index (χ2v) is 7.00. The highest BCUT2D eigenvalue weighted by Gasteiger charge is 2.23. The van der Waals surface area contributed by atoms with E-state index in [1.54, 1.807) is 43.9 Å². The number of hydrogen-bond donors (Lipinski definition) is 1. The molecule has 162 valence electrons. The molecule has 32 heavy (non-hydrogen) atoms. The number of methoxy groups -OCH3 is 1. The topological polar surface area (TPSA) is 117 Å². The van der Waals surface area contributed by atoms with Gasteiger partial charge in [-0.3, -0.25) is 14.9 Å². The number of nitro groups is 1. The number of non-ortho nitro benzene ring substituents is 1. The highest BCUT2D eigenvalue weighted by molar-refractivity contribution is 5.92. The summed E-state index contributed by atoms with van der Waals surface area (Å²) in [6.07, 6.45) is 5.09. The Balaban J connectivity index is 1.60. The van der Waals surface area contributed by atoms with E-state index in [0.717, 1.165) is 5.56 Å². The summed E-state index contributed by atoms with van der Waals surface area (Å²) in [6.45, 7) is 0. The van der Waals surface area contributed by atoms with Gasteiger partial charge >= 0.3 is 0 Å². The van der Waals surface area contributed by atoms with Gasteiger partial charge in [-0.05, 0) is 35.9 Å². The molecular weight excluding hydrogens is 412 g/mol. The Kier molecular flexibility index (Phi) is 5.67. The molecule has 2 heterocycles. The van der Waals surface area contributed by atoms with Crippen LogP contribution in [-0.2, 0) is 7.05 Å². The molecule has 0 bridgehead atoms. The number of hydrogen-bond acceptors (Lipinski definition) is 6. The zero-order valence-electron chi connectivity index (χ0n) is 17.4. The van der Waals surface area contributed by atoms with Crippen LogP contribution >= 0.6 is 0 Å². The summed E-state index contributed by atoms with van der Waals surface area (Å²) in [6, 6.07) is 14.4. The first-order valence-corrected chi connectivity index (χ1v) is 9.69. The first-order valence-electron chi connectivity index (χ1n) is 9.69. The third kappa shape index (κ3) is 4.19. The number of carbonyl (C=O) groups is 1. The van der Waals surface area contributed by atoms with Crippen molar-refractivity contribution < 1.29 is 14.5 Å². The summed E-state index contributed by atoms with van der Waals surface area (Å²) in [5.41, 5.74) is 1.59. The van der Waals surface area contributed by atoms with Gasteiger partial charge in [0.25, 0.3) is 11.6 Å². The number of rotatable bonds is 7. The lowest BCUT2D eigenvalue weighted by Gasteiger charge is -2.19. The van der Waals surface area contributed by atoms with Crippen LogP contribution in [0.2, 0.25) is 0 Å². The maximum atomic E-state index is 13.0. The molecule has 0 saturated carbocycles. The molecule has 4 rings (SSSR count). The molecule has 1 amide bonds. The number of nitro benzene ring substituents is 1. The summed E-state index contributed by atoms with van der Waals surface area (Å²) in [5.74, 6) is 0.932. The van der Waals surface area contributed by atoms with E-state index in [1.807, 2.05) is 35.9 Å². The number of benzene rings is 2. The van der Waals surface area contributed by atoms with E-state index in [1.165, 1.54) is 16.8 Å². The number of ether oxygens (including phenoxy) is 1. The summed E-state index contributed by atoms with van der Waals surface area (Å²) in [7, 11) is 3.43. The maximum Gasteiger partial charge on any atom is 0.272 e. The van der Waals surface area contributed by atoms with Crippen molar-refractivity contribution in [1.29, 1.82) is 0 Å². The van der Waals surface area contributed by atoms with Crippen LogP contribution < -0.4 is 10.1 Å². The lowest BCUT2D eigenvalue weighted by molar-refractivity contribution is -0.384. The molecule has 2 aromatic heterocycles. The van der Waals surface area contributed by atoms with Crippen LogP contribution in [0.25, 0.3) is 5.69 Å². The van der Waals surface area contributed by atoms with Gasteiger partial charge in [0, 0.05) is 37.8 Å². The summed E-state index contributed by atoms with van der Waals surface area (Å²) in [5, 5.41) is 18.2. The predicted octanol–water partition coefficient (Wildman–Crippen LogP) is 3.04. The van der Waals surface area contributed by atoms with Crippen molar-refractivity contribution in [3.63, 3.8) is 0 Å². The standard InChI is InChI=1S/C22H20N6O4/c1-26-13-11-23-21(26)20(15-4-3-5-18(14-15)32-2)24-22(29)19-10-12-27(25-19)16-6-8-17(9-7-16)28(30)31/h3-14,20H,1-2H3,(H,24,29). The molecule has 1 atom stereocenters. The Morgan fingerprint density at radius 3 is 2.59 bits per heavy atom. The number of carbonyl (C=O) groups excluding carboxylic acids is 1. The van der Waals surface area contributed by atoms with E-state index in [4.69, 9.17) is 4.74 Å². The smallest absolute Gasteiger partial charge is 0.272 e. The summed E-state index contributed by atoms with van der Waals surface area (Å²) < 4.78 is 8.64. The van der Waals surface area contributed by atoms with Gasteiger partial charge in [-0.2, -0.15) is 5.10 Å². The zero-order valence-corrected chi connectivity index (χ0v) is 17.4. The molecule has 0 spiro atoms. The van der Waals surface area contributed by atoms with Crippen LogP contribution in [0, 0.1) is 10.1 Å². The molecule has 2 aromatic carbocycles. The molecule has 1 unspecified atom stereocenters. The minimum atomic E-state index is -0.526. The van der Waals surface area contributed by atoms with E-state index < -0.39 is 11.0 Å². The van der Waals surface area contributed by atoms with Crippen LogP contribution in [0.3, 0.4) is 0 Å². The van der Waals surface area contributed by atoms with Crippen molar-refractivity contribution in [3.05, 3.63) is 100 Å². The maximum absolute atomic E-state index is 13.0. The van der Waals surface area contributed by atoms with Crippen LogP contribution in [0.1, 0.15) is 27.9 Å². The highest BCUT2D eigenvalue weighted by atomic mass is 16.6. The van der Waals surface area contributed by atoms with Gasteiger partial charge < -0.3 is 14.6 Å². The largest absolute Gasteiger partial charge is 0.497 e. The quantitative estimate of drug-likeness (QED) is 0.354. The third-order valence-electron chi connectivity index (χ3n) is 4.97. The molecule has 10 heteroatoms. The van der Waals surface area contributed by atoms with E-state index in [9.17, 15) is 14.9 Å². The van der Waals surface area contributed by atoms with Crippen molar-refractivity contribution in [1.82, 2.24) is 24.6 Å². The fourth-order valence-corrected chi connectivity index (χ4v) is 3.29. The molecule has 0 radical (unpaired) electrons. The fourth-order valence-electron chi connectivity index (χ4n) is 3.29. The van der Waals surface area contributed by atoms with E-state index in [-0.39, 0.29) is 17.3 Å². The molecule has 0 aliphatic carbocycles. The van der Waals surface area contributed by atoms with Crippen molar-refractivity contribution >= 4 is 11.6 Å². The van der Waals surface area contributed by atoms with Gasteiger partial charge in [-0.1, -0.05) is 12.1 Å². The molecular formula is C22H20N6O4. The Morgan fingerprint density at radius 1 is 1.16 bits per heavy atom. The van der Waals surface area contributed by atoms with Crippen molar-refractivity contribution in [3.8, 4) is 11.4 Å². The van der Waals surface area contributed by atoms with Gasteiger partial charge in [-0.25, -0.2) is 9.67 Å². The fraction of sp³-hybridized carbons (Fsp3) is 0.136. The van der Waals surface area contributed by atoms with Gasteiger partial charge in [0.15, 0.2) is 5.69 Å². The number of aromatic nitrogens is 4. The molecule has 1 N–H and O–H groups in total. The number of imidazole rings is 1. The lowest BCUT2D eigenvalue weighted by atomic mass is 10.1. The summed E-state index contributed by atoms with van der Waals surface area (Å²) in [4.78, 5) is 27.8. The Labute approximate surface area is 183 Å². The molecule has 0 aliphatic rings. The number of nitrogens with one attached hydrogen (secondary N) is 1. The second-order valence-electron chi connectivity index (χ2n) is 7.00. The van der Waals surface area contributed by atoms with Crippen LogP contribution in [0.4, 0.5) is 5.69 Å². The molecule has 0 aliphatic heterocycles. The van der Waals surface area contributed by atoms with Crippen molar-refractivity contribution in [2.24, 2.45) is 7.05 Å². The van der Waals surface area contributed by atoms with Gasteiger partial charge in [0.05, 0.1) is 17.7 Å². The lowest BCUT2D eigenvalue weighted by Crippen LogP contribution is -2.31. The first-order chi connectivity index (χ1) is 15.5. The van der Waals surface area contributed by atoms with Gasteiger partial charge in [0.1, 0.15) is 17.6 Å². The van der Waals surface area contributed by atoms with Gasteiger partial charge in [0.2, 0.25) is 0 Å². The highest BCUT2D eigenvalue weighted by Crippen LogP contribution is 2.24. The van der Waals surface area contributed by atoms with Crippen LogP contribution in [0.15, 0.2) is 73.2 Å². The Bertz CT molecular complexity index is 1260. The number of nitrogens with zero attached hydrogens (tertiary/aromatic N) is 5. The minimum absolute atomic E-state index is 0.0185. The summed E-state index contributed by atoms with van der Waals surface area (Å²) >= 11 is 0. The van der Waals surface area contributed by atoms with Crippen molar-refractivity contribution in [2.45, 2.75) is 6.04 Å². The van der Waals surface area contributed by atoms with Gasteiger partial charge in [-0.15, -0.1) is 0 Å². The van der Waals surface area contributed by atoms with Crippen molar-refractivity contribution in [2.75, 3.05) is 7.11 Å². The molecule has 0 saturated heterocycles. The third-order valence-corrected chi connectivity index (χ3v) is 4.97. The minimum Gasteiger partial charge on any atom is -0.497 e. The van der Waals surface area contributed by atoms with E-state index in [2.05, 4.69) is 15.4 Å². The monoisotopic (exact) mass is 432 g/mol. The second kappa shape index (κ2) is 8.72. The molecule has 4 aromatic rings. The Hall–Kier alpha value is -4.47. The number of amides is 1. The molecule has 0 fully saturated rings. The SMILES string of the molecule is COc1cccc(C(NC(=O)c2ccn(-c3ccc([N+](=O)[O-])cc3)n2)c2nccn2C)c1. The molecule has 10 nitrogen and oxygen atoms in total. The average molecular weight is 432 g/mol. The zero-order chi connectivity index (χ0) is 22.7. The van der Waals surface area contributed by atoms with E-state index >= 15 is 0 Å². The normalized spacial score (nSPS) is 11.7.